The van der Waals surface area contributed by atoms with Crippen LogP contribution in [0.25, 0.3) is 0 Å². The van der Waals surface area contributed by atoms with Gasteiger partial charge in [-0.3, -0.25) is 9.59 Å². The Morgan fingerprint density at radius 1 is 1.07 bits per heavy atom. The van der Waals surface area contributed by atoms with E-state index >= 15 is 0 Å². The molecule has 2 N–H and O–H groups in total. The molecule has 0 atom stereocenters. The first kappa shape index (κ1) is 18.2. The first-order valence-corrected chi connectivity index (χ1v) is 10.1. The highest BCUT2D eigenvalue weighted by Gasteiger charge is 2.51. The summed E-state index contributed by atoms with van der Waals surface area (Å²) in [5.74, 6) is 2.21. The Kier molecular flexibility index (Phi) is 4.79. The molecule has 5 heteroatoms. The fourth-order valence-corrected chi connectivity index (χ4v) is 5.91. The summed E-state index contributed by atoms with van der Waals surface area (Å²) in [6.45, 7) is 3.68. The van der Waals surface area contributed by atoms with Crippen molar-refractivity contribution in [2.45, 2.75) is 64.3 Å². The average Bonchev–Trinajstić information content (AvgIpc) is 2.58. The van der Waals surface area contributed by atoms with Gasteiger partial charge in [0.25, 0.3) is 5.91 Å². The molecule has 1 aromatic rings. The van der Waals surface area contributed by atoms with Crippen molar-refractivity contribution in [2.75, 3.05) is 0 Å². The van der Waals surface area contributed by atoms with E-state index in [4.69, 9.17) is 0 Å². The molecule has 144 valence electrons. The van der Waals surface area contributed by atoms with E-state index in [1.54, 1.807) is 13.0 Å². The Bertz CT molecular complexity index is 748. The van der Waals surface area contributed by atoms with E-state index < -0.39 is 0 Å². The van der Waals surface area contributed by atoms with Crippen LogP contribution in [-0.2, 0) is 4.79 Å². The van der Waals surface area contributed by atoms with Crippen molar-refractivity contribution in [1.29, 1.82) is 0 Å². The predicted molar refractivity (Wildman–Crippen MR) is 105 cm³/mol. The Morgan fingerprint density at radius 3 is 2.26 bits per heavy atom. The second kappa shape index (κ2) is 7.10. The lowest BCUT2D eigenvalue weighted by atomic mass is 9.53. The third kappa shape index (κ3) is 3.92. The number of hydrogen-bond acceptors (Lipinski definition) is 3. The maximum Gasteiger partial charge on any atom is 0.271 e. The van der Waals surface area contributed by atoms with Crippen LogP contribution in [0.5, 0.6) is 0 Å². The van der Waals surface area contributed by atoms with E-state index in [1.165, 1.54) is 19.3 Å². The predicted octanol–water partition coefficient (Wildman–Crippen LogP) is 3.58. The molecule has 0 spiro atoms. The summed E-state index contributed by atoms with van der Waals surface area (Å²) >= 11 is 0. The van der Waals surface area contributed by atoms with Gasteiger partial charge in [0.2, 0.25) is 5.91 Å². The van der Waals surface area contributed by atoms with Crippen LogP contribution in [0.3, 0.4) is 0 Å². The molecule has 4 aliphatic rings. The lowest BCUT2D eigenvalue weighted by Gasteiger charge is -2.56. The van der Waals surface area contributed by atoms with Crippen LogP contribution >= 0.6 is 0 Å². The maximum absolute atomic E-state index is 12.6. The van der Waals surface area contributed by atoms with Crippen molar-refractivity contribution >= 4 is 17.5 Å². The SMILES string of the molecule is C/C(CC(=O)NC12CC3CC(CC(C3)C1)C2)=N\NC(=O)c1ccccc1C. The number of benzene rings is 1. The standard InChI is InChI=1S/C22H29N3O2/c1-14-5-3-4-6-19(14)21(27)25-24-15(2)7-20(26)23-22-11-16-8-17(12-22)10-18(9-16)13-22/h3-6,16-18H,7-13H2,1-2H3,(H,23,26)(H,25,27)/b24-15+. The Morgan fingerprint density at radius 2 is 1.67 bits per heavy atom. The van der Waals surface area contributed by atoms with E-state index in [9.17, 15) is 9.59 Å². The van der Waals surface area contributed by atoms with Gasteiger partial charge in [-0.1, -0.05) is 18.2 Å². The van der Waals surface area contributed by atoms with Crippen LogP contribution in [0.4, 0.5) is 0 Å². The molecule has 4 bridgehead atoms. The monoisotopic (exact) mass is 367 g/mol. The highest BCUT2D eigenvalue weighted by molar-refractivity contribution is 6.01. The zero-order chi connectivity index (χ0) is 19.0. The molecule has 4 fully saturated rings. The summed E-state index contributed by atoms with van der Waals surface area (Å²) in [4.78, 5) is 24.8. The van der Waals surface area contributed by atoms with Crippen molar-refractivity contribution in [3.63, 3.8) is 0 Å². The van der Waals surface area contributed by atoms with Crippen molar-refractivity contribution in [2.24, 2.45) is 22.9 Å². The Labute approximate surface area is 161 Å². The summed E-state index contributed by atoms with van der Waals surface area (Å²) < 4.78 is 0. The number of rotatable bonds is 5. The fraction of sp³-hybridized carbons (Fsp3) is 0.591. The molecule has 0 unspecified atom stereocenters. The number of amides is 2. The molecule has 1 aromatic carbocycles. The van der Waals surface area contributed by atoms with Crippen molar-refractivity contribution in [1.82, 2.24) is 10.7 Å². The van der Waals surface area contributed by atoms with Crippen molar-refractivity contribution in [3.05, 3.63) is 35.4 Å². The number of carbonyl (C=O) groups is 2. The van der Waals surface area contributed by atoms with Crippen LogP contribution < -0.4 is 10.7 Å². The molecule has 5 rings (SSSR count). The third-order valence-electron chi connectivity index (χ3n) is 6.60. The van der Waals surface area contributed by atoms with E-state index in [1.807, 2.05) is 25.1 Å². The van der Waals surface area contributed by atoms with Crippen LogP contribution in [-0.4, -0.2) is 23.1 Å². The van der Waals surface area contributed by atoms with Gasteiger partial charge in [0.1, 0.15) is 0 Å². The molecule has 0 heterocycles. The van der Waals surface area contributed by atoms with Crippen LogP contribution in [0.1, 0.15) is 67.8 Å². The molecule has 0 radical (unpaired) electrons. The van der Waals surface area contributed by atoms with Gasteiger partial charge in [0.15, 0.2) is 0 Å². The van der Waals surface area contributed by atoms with Gasteiger partial charge < -0.3 is 5.32 Å². The molecular weight excluding hydrogens is 338 g/mol. The van der Waals surface area contributed by atoms with E-state index in [-0.39, 0.29) is 23.8 Å². The topological polar surface area (TPSA) is 70.6 Å². The molecule has 4 saturated carbocycles. The lowest BCUT2D eigenvalue weighted by molar-refractivity contribution is -0.125. The van der Waals surface area contributed by atoms with Gasteiger partial charge in [-0.2, -0.15) is 5.10 Å². The fourth-order valence-electron chi connectivity index (χ4n) is 5.91. The normalized spacial score (nSPS) is 31.6. The van der Waals surface area contributed by atoms with Crippen molar-refractivity contribution in [3.8, 4) is 0 Å². The number of hydrazone groups is 1. The zero-order valence-electron chi connectivity index (χ0n) is 16.3. The lowest BCUT2D eigenvalue weighted by Crippen LogP contribution is -2.60. The van der Waals surface area contributed by atoms with Gasteiger partial charge in [0.05, 0.1) is 6.42 Å². The first-order valence-electron chi connectivity index (χ1n) is 10.1. The summed E-state index contributed by atoms with van der Waals surface area (Å²) in [6, 6.07) is 7.40. The quantitative estimate of drug-likeness (QED) is 0.617. The minimum absolute atomic E-state index is 0.0243. The van der Waals surface area contributed by atoms with Crippen LogP contribution in [0.2, 0.25) is 0 Å². The molecule has 0 aliphatic heterocycles. The highest BCUT2D eigenvalue weighted by Crippen LogP contribution is 2.55. The molecule has 0 saturated heterocycles. The van der Waals surface area contributed by atoms with Gasteiger partial charge >= 0.3 is 0 Å². The number of nitrogens with one attached hydrogen (secondary N) is 2. The summed E-state index contributed by atoms with van der Waals surface area (Å²) in [6.07, 6.45) is 7.75. The average molecular weight is 367 g/mol. The van der Waals surface area contributed by atoms with E-state index in [0.29, 0.717) is 11.3 Å². The van der Waals surface area contributed by atoms with Crippen molar-refractivity contribution < 1.29 is 9.59 Å². The first-order chi connectivity index (χ1) is 12.9. The molecule has 27 heavy (non-hydrogen) atoms. The van der Waals surface area contributed by atoms with Gasteiger partial charge in [-0.15, -0.1) is 0 Å². The molecule has 2 amide bonds. The number of nitrogens with zero attached hydrogens (tertiary/aromatic N) is 1. The molecule has 4 aliphatic carbocycles. The molecule has 0 aromatic heterocycles. The van der Waals surface area contributed by atoms with Gasteiger partial charge in [-0.05, 0) is 81.8 Å². The number of hydrogen-bond donors (Lipinski definition) is 2. The third-order valence-corrected chi connectivity index (χ3v) is 6.60. The number of aryl methyl sites for hydroxylation is 1. The minimum Gasteiger partial charge on any atom is -0.350 e. The van der Waals surface area contributed by atoms with Crippen LogP contribution in [0.15, 0.2) is 29.4 Å². The Balaban J connectivity index is 1.32. The molecular formula is C22H29N3O2. The Hall–Kier alpha value is -2.17. The summed E-state index contributed by atoms with van der Waals surface area (Å²) in [5, 5.41) is 7.48. The maximum atomic E-state index is 12.6. The number of carbonyl (C=O) groups excluding carboxylic acids is 2. The smallest absolute Gasteiger partial charge is 0.271 e. The van der Waals surface area contributed by atoms with Gasteiger partial charge in [-0.25, -0.2) is 5.43 Å². The zero-order valence-corrected chi connectivity index (χ0v) is 16.3. The second-order valence-corrected chi connectivity index (χ2v) is 9.03. The second-order valence-electron chi connectivity index (χ2n) is 9.03. The van der Waals surface area contributed by atoms with Gasteiger partial charge in [0, 0.05) is 16.8 Å². The highest BCUT2D eigenvalue weighted by atomic mass is 16.2. The minimum atomic E-state index is -0.242. The largest absolute Gasteiger partial charge is 0.350 e. The molecule has 5 nitrogen and oxygen atoms in total. The summed E-state index contributed by atoms with van der Waals surface area (Å²) in [7, 11) is 0. The van der Waals surface area contributed by atoms with E-state index in [2.05, 4.69) is 15.8 Å². The summed E-state index contributed by atoms with van der Waals surface area (Å²) in [5.41, 5.74) is 4.73. The van der Waals surface area contributed by atoms with E-state index in [0.717, 1.165) is 42.6 Å². The van der Waals surface area contributed by atoms with Crippen LogP contribution in [0, 0.1) is 24.7 Å².